The van der Waals surface area contributed by atoms with E-state index in [0.29, 0.717) is 11.8 Å². The van der Waals surface area contributed by atoms with Crippen LogP contribution in [0.5, 0.6) is 11.5 Å². The van der Waals surface area contributed by atoms with Crippen LogP contribution in [0.1, 0.15) is 12.8 Å². The molecule has 0 saturated heterocycles. The van der Waals surface area contributed by atoms with Crippen LogP contribution in [-0.4, -0.2) is 36.6 Å². The number of hydrogen-bond donors (Lipinski definition) is 2. The van der Waals surface area contributed by atoms with E-state index in [1.165, 1.54) is 25.3 Å². The summed E-state index contributed by atoms with van der Waals surface area (Å²) in [6.45, 7) is 0.0417. The van der Waals surface area contributed by atoms with Crippen molar-refractivity contribution in [1.29, 1.82) is 0 Å². The average Bonchev–Trinajstić information content (AvgIpc) is 3.26. The van der Waals surface area contributed by atoms with Gasteiger partial charge in [0, 0.05) is 12.1 Å². The van der Waals surface area contributed by atoms with Gasteiger partial charge < -0.3 is 20.5 Å². The Morgan fingerprint density at radius 1 is 1.52 bits per heavy atom. The molecule has 3 N–H and O–H groups in total. The van der Waals surface area contributed by atoms with Crippen LogP contribution in [0.2, 0.25) is 0 Å². The Kier molecular flexibility index (Phi) is 4.59. The van der Waals surface area contributed by atoms with E-state index in [0.717, 1.165) is 12.8 Å². The van der Waals surface area contributed by atoms with E-state index in [2.05, 4.69) is 5.32 Å². The smallest absolute Gasteiger partial charge is 0.273 e. The summed E-state index contributed by atoms with van der Waals surface area (Å²) in [6.07, 6.45) is 2.04. The van der Waals surface area contributed by atoms with Crippen molar-refractivity contribution in [2.75, 3.05) is 13.7 Å². The lowest BCUT2D eigenvalue weighted by Gasteiger charge is -2.17. The third kappa shape index (κ3) is 4.06. The fraction of sp³-hybridized carbons (Fsp3) is 0.462. The molecular weight excluding hydrogens is 278 g/mol. The highest BCUT2D eigenvalue weighted by Gasteiger charge is 2.28. The molecular formula is C13H17N3O5. The van der Waals surface area contributed by atoms with Crippen LogP contribution < -0.4 is 20.5 Å². The molecule has 0 bridgehead atoms. The summed E-state index contributed by atoms with van der Waals surface area (Å²) in [5, 5.41) is 13.8. The molecule has 8 nitrogen and oxygen atoms in total. The first-order chi connectivity index (χ1) is 10.0. The molecule has 1 aromatic rings. The van der Waals surface area contributed by atoms with Gasteiger partial charge in [0.1, 0.15) is 12.6 Å². The number of primary amides is 1. The zero-order chi connectivity index (χ0) is 15.4. The number of carbonyl (C=O) groups is 1. The maximum Gasteiger partial charge on any atom is 0.273 e. The Hall–Kier alpha value is -2.35. The summed E-state index contributed by atoms with van der Waals surface area (Å²) in [5.74, 6) is 0.0635. The first-order valence-electron chi connectivity index (χ1n) is 6.52. The van der Waals surface area contributed by atoms with Gasteiger partial charge in [0.05, 0.1) is 18.1 Å². The number of amides is 1. The molecule has 1 atom stereocenters. The number of nitrogens with one attached hydrogen (secondary N) is 1. The van der Waals surface area contributed by atoms with Crippen molar-refractivity contribution in [3.8, 4) is 11.5 Å². The quantitative estimate of drug-likeness (QED) is 0.535. The van der Waals surface area contributed by atoms with Crippen LogP contribution in [0, 0.1) is 10.1 Å². The van der Waals surface area contributed by atoms with E-state index in [1.807, 2.05) is 0 Å². The van der Waals surface area contributed by atoms with E-state index in [-0.39, 0.29) is 18.0 Å². The minimum atomic E-state index is -0.600. The van der Waals surface area contributed by atoms with Gasteiger partial charge in [-0.1, -0.05) is 0 Å². The fourth-order valence-corrected chi connectivity index (χ4v) is 1.81. The standard InChI is InChI=1S/C13H17N3O5/c1-20-12-6-9(16(18)19)4-5-11(12)21-7-10(13(14)17)15-8-2-3-8/h4-6,8,10,15H,2-3,7H2,1H3,(H2,14,17). The van der Waals surface area contributed by atoms with Gasteiger partial charge in [-0.3, -0.25) is 14.9 Å². The number of nitro groups is 1. The first kappa shape index (κ1) is 15.0. The predicted octanol–water partition coefficient (Wildman–Crippen LogP) is 0.588. The molecule has 0 spiro atoms. The summed E-state index contributed by atoms with van der Waals surface area (Å²) in [6, 6.07) is 3.72. The Balaban J connectivity index is 2.03. The van der Waals surface area contributed by atoms with Crippen molar-refractivity contribution in [3.63, 3.8) is 0 Å². The molecule has 1 aliphatic carbocycles. The summed E-state index contributed by atoms with van der Waals surface area (Å²) >= 11 is 0. The third-order valence-electron chi connectivity index (χ3n) is 3.12. The number of rotatable bonds is 8. The van der Waals surface area contributed by atoms with Crippen molar-refractivity contribution >= 4 is 11.6 Å². The fourth-order valence-electron chi connectivity index (χ4n) is 1.81. The molecule has 1 saturated carbocycles. The number of nitro benzene ring substituents is 1. The van der Waals surface area contributed by atoms with E-state index < -0.39 is 16.9 Å². The second-order valence-electron chi connectivity index (χ2n) is 4.80. The topological polar surface area (TPSA) is 117 Å². The molecule has 0 heterocycles. The molecule has 0 aromatic heterocycles. The maximum atomic E-state index is 11.3. The van der Waals surface area contributed by atoms with Crippen LogP contribution in [0.15, 0.2) is 18.2 Å². The van der Waals surface area contributed by atoms with Gasteiger partial charge in [0.15, 0.2) is 11.5 Å². The second kappa shape index (κ2) is 6.40. The van der Waals surface area contributed by atoms with Crippen LogP contribution in [0.4, 0.5) is 5.69 Å². The minimum absolute atomic E-state index is 0.0417. The Bertz CT molecular complexity index is 545. The maximum absolute atomic E-state index is 11.3. The second-order valence-corrected chi connectivity index (χ2v) is 4.80. The highest BCUT2D eigenvalue weighted by molar-refractivity contribution is 5.80. The Labute approximate surface area is 121 Å². The molecule has 0 aliphatic heterocycles. The Morgan fingerprint density at radius 3 is 2.76 bits per heavy atom. The van der Waals surface area contributed by atoms with Crippen molar-refractivity contribution in [3.05, 3.63) is 28.3 Å². The molecule has 1 unspecified atom stereocenters. The average molecular weight is 295 g/mol. The van der Waals surface area contributed by atoms with Crippen LogP contribution >= 0.6 is 0 Å². The summed E-state index contributed by atoms with van der Waals surface area (Å²) < 4.78 is 10.6. The number of nitrogens with zero attached hydrogens (tertiary/aromatic N) is 1. The molecule has 1 aliphatic rings. The lowest BCUT2D eigenvalue weighted by Crippen LogP contribution is -2.46. The largest absolute Gasteiger partial charge is 0.493 e. The third-order valence-corrected chi connectivity index (χ3v) is 3.12. The summed E-state index contributed by atoms with van der Waals surface area (Å²) in [5.41, 5.74) is 5.21. The van der Waals surface area contributed by atoms with Crippen LogP contribution in [-0.2, 0) is 4.79 Å². The number of non-ortho nitro benzene ring substituents is 1. The van der Waals surface area contributed by atoms with Crippen molar-refractivity contribution < 1.29 is 19.2 Å². The van der Waals surface area contributed by atoms with E-state index in [4.69, 9.17) is 15.2 Å². The number of benzene rings is 1. The number of methoxy groups -OCH3 is 1. The minimum Gasteiger partial charge on any atom is -0.493 e. The van der Waals surface area contributed by atoms with E-state index in [1.54, 1.807) is 0 Å². The predicted molar refractivity (Wildman–Crippen MR) is 74.3 cm³/mol. The van der Waals surface area contributed by atoms with Crippen molar-refractivity contribution in [2.45, 2.75) is 24.9 Å². The Morgan fingerprint density at radius 2 is 2.24 bits per heavy atom. The summed E-state index contributed by atoms with van der Waals surface area (Å²) in [7, 11) is 1.39. The van der Waals surface area contributed by atoms with Gasteiger partial charge in [-0.05, 0) is 18.9 Å². The van der Waals surface area contributed by atoms with Gasteiger partial charge >= 0.3 is 0 Å². The molecule has 114 valence electrons. The van der Waals surface area contributed by atoms with Gasteiger partial charge in [0.2, 0.25) is 5.91 Å². The molecule has 1 aromatic carbocycles. The monoisotopic (exact) mass is 295 g/mol. The van der Waals surface area contributed by atoms with Crippen LogP contribution in [0.25, 0.3) is 0 Å². The number of nitrogens with two attached hydrogens (primary N) is 1. The zero-order valence-electron chi connectivity index (χ0n) is 11.6. The number of carbonyl (C=O) groups excluding carboxylic acids is 1. The molecule has 8 heteroatoms. The highest BCUT2D eigenvalue weighted by atomic mass is 16.6. The van der Waals surface area contributed by atoms with Crippen molar-refractivity contribution in [2.24, 2.45) is 5.73 Å². The SMILES string of the molecule is COc1cc([N+](=O)[O-])ccc1OCC(NC1CC1)C(N)=O. The highest BCUT2D eigenvalue weighted by Crippen LogP contribution is 2.31. The number of hydrogen-bond acceptors (Lipinski definition) is 6. The lowest BCUT2D eigenvalue weighted by molar-refractivity contribution is -0.385. The molecule has 1 fully saturated rings. The van der Waals surface area contributed by atoms with E-state index >= 15 is 0 Å². The normalized spacial score (nSPS) is 15.3. The van der Waals surface area contributed by atoms with Crippen molar-refractivity contribution in [1.82, 2.24) is 5.32 Å². The first-order valence-corrected chi connectivity index (χ1v) is 6.52. The summed E-state index contributed by atoms with van der Waals surface area (Å²) in [4.78, 5) is 21.5. The molecule has 2 rings (SSSR count). The van der Waals surface area contributed by atoms with Gasteiger partial charge in [-0.25, -0.2) is 0 Å². The van der Waals surface area contributed by atoms with Gasteiger partial charge in [-0.15, -0.1) is 0 Å². The van der Waals surface area contributed by atoms with Gasteiger partial charge in [0.25, 0.3) is 5.69 Å². The van der Waals surface area contributed by atoms with Gasteiger partial charge in [-0.2, -0.15) is 0 Å². The van der Waals surface area contributed by atoms with Crippen LogP contribution in [0.3, 0.4) is 0 Å². The zero-order valence-corrected chi connectivity index (χ0v) is 11.6. The number of ether oxygens (including phenoxy) is 2. The molecule has 21 heavy (non-hydrogen) atoms. The van der Waals surface area contributed by atoms with E-state index in [9.17, 15) is 14.9 Å². The molecule has 1 amide bonds. The lowest BCUT2D eigenvalue weighted by atomic mass is 10.2. The molecule has 0 radical (unpaired) electrons.